The van der Waals surface area contributed by atoms with Crippen LogP contribution in [0.3, 0.4) is 0 Å². The number of carbonyl (C=O) groups is 1. The number of aryl methyl sites for hydroxylation is 2. The molecule has 1 aromatic carbocycles. The van der Waals surface area contributed by atoms with Gasteiger partial charge in [-0.3, -0.25) is 14.3 Å². The van der Waals surface area contributed by atoms with Gasteiger partial charge in [-0.1, -0.05) is 29.5 Å². The summed E-state index contributed by atoms with van der Waals surface area (Å²) in [4.78, 5) is 16.8. The number of benzene rings is 1. The van der Waals surface area contributed by atoms with Crippen LogP contribution in [0.4, 0.5) is 5.82 Å². The normalized spacial score (nSPS) is 11.0. The molecule has 0 saturated carbocycles. The highest BCUT2D eigenvalue weighted by atomic mass is 32.2. The molecule has 0 aliphatic rings. The topological polar surface area (TPSA) is 99.8 Å². The number of anilines is 1. The van der Waals surface area contributed by atoms with E-state index in [4.69, 9.17) is 4.74 Å². The molecule has 3 heterocycles. The fraction of sp³-hybridized carbons (Fsp3) is 0.261. The van der Waals surface area contributed by atoms with Crippen LogP contribution in [-0.2, 0) is 16.1 Å². The summed E-state index contributed by atoms with van der Waals surface area (Å²) >= 11 is 1.33. The van der Waals surface area contributed by atoms with E-state index in [9.17, 15) is 4.79 Å². The van der Waals surface area contributed by atoms with Crippen molar-refractivity contribution in [3.05, 3.63) is 66.1 Å². The molecule has 4 aromatic rings. The summed E-state index contributed by atoms with van der Waals surface area (Å²) < 4.78 is 8.94. The number of rotatable bonds is 9. The van der Waals surface area contributed by atoms with Gasteiger partial charge >= 0.3 is 0 Å². The molecule has 1 N–H and O–H groups in total. The predicted octanol–water partition coefficient (Wildman–Crippen LogP) is 3.52. The Labute approximate surface area is 196 Å². The zero-order valence-electron chi connectivity index (χ0n) is 18.7. The number of pyridine rings is 1. The zero-order chi connectivity index (χ0) is 23.2. The average Bonchev–Trinajstić information content (AvgIpc) is 3.40. The first-order valence-electron chi connectivity index (χ1n) is 10.4. The first kappa shape index (κ1) is 22.7. The largest absolute Gasteiger partial charge is 0.383 e. The number of nitrogens with zero attached hydrogens (tertiary/aromatic N) is 6. The van der Waals surface area contributed by atoms with Crippen LogP contribution in [0.2, 0.25) is 0 Å². The van der Waals surface area contributed by atoms with Crippen molar-refractivity contribution in [3.63, 3.8) is 0 Å². The lowest BCUT2D eigenvalue weighted by molar-refractivity contribution is -0.113. The van der Waals surface area contributed by atoms with Gasteiger partial charge in [0.15, 0.2) is 11.0 Å². The lowest BCUT2D eigenvalue weighted by atomic mass is 10.2. The first-order chi connectivity index (χ1) is 16.0. The van der Waals surface area contributed by atoms with E-state index >= 15 is 0 Å². The van der Waals surface area contributed by atoms with Crippen molar-refractivity contribution < 1.29 is 9.53 Å². The van der Waals surface area contributed by atoms with Gasteiger partial charge in [-0.15, -0.1) is 10.2 Å². The van der Waals surface area contributed by atoms with Gasteiger partial charge in [0, 0.05) is 31.1 Å². The monoisotopic (exact) mass is 463 g/mol. The fourth-order valence-electron chi connectivity index (χ4n) is 3.27. The van der Waals surface area contributed by atoms with E-state index in [1.165, 1.54) is 11.8 Å². The Morgan fingerprint density at radius 1 is 1.09 bits per heavy atom. The quantitative estimate of drug-likeness (QED) is 0.379. The van der Waals surface area contributed by atoms with Crippen molar-refractivity contribution in [1.82, 2.24) is 29.5 Å². The van der Waals surface area contributed by atoms with Gasteiger partial charge < -0.3 is 10.1 Å². The number of methoxy groups -OCH3 is 1. The molecule has 0 spiro atoms. The van der Waals surface area contributed by atoms with Crippen LogP contribution in [0.15, 0.2) is 60.0 Å². The van der Waals surface area contributed by atoms with E-state index in [0.29, 0.717) is 30.0 Å². The summed E-state index contributed by atoms with van der Waals surface area (Å²) in [6, 6.07) is 13.6. The maximum Gasteiger partial charge on any atom is 0.236 e. The molecule has 33 heavy (non-hydrogen) atoms. The minimum absolute atomic E-state index is 0.153. The highest BCUT2D eigenvalue weighted by molar-refractivity contribution is 7.99. The van der Waals surface area contributed by atoms with Crippen LogP contribution in [-0.4, -0.2) is 54.9 Å². The molecule has 0 atom stereocenters. The highest BCUT2D eigenvalue weighted by Gasteiger charge is 2.17. The smallest absolute Gasteiger partial charge is 0.236 e. The van der Waals surface area contributed by atoms with E-state index in [2.05, 4.69) is 25.6 Å². The second-order valence-electron chi connectivity index (χ2n) is 7.44. The molecule has 0 bridgehead atoms. The molecule has 0 fully saturated rings. The summed E-state index contributed by atoms with van der Waals surface area (Å²) in [6.07, 6.45) is 3.42. The molecule has 1 amide bonds. The lowest BCUT2D eigenvalue weighted by Gasteiger charge is -2.11. The fourth-order valence-corrected chi connectivity index (χ4v) is 4.04. The van der Waals surface area contributed by atoms with Crippen LogP contribution in [0, 0.1) is 13.8 Å². The summed E-state index contributed by atoms with van der Waals surface area (Å²) in [6.45, 7) is 5.01. The number of carbonyl (C=O) groups excluding carboxylic acids is 1. The van der Waals surface area contributed by atoms with Crippen LogP contribution in [0.1, 0.15) is 11.3 Å². The summed E-state index contributed by atoms with van der Waals surface area (Å²) in [5.41, 5.74) is 3.77. The molecule has 10 heteroatoms. The Bertz CT molecular complexity index is 1220. The van der Waals surface area contributed by atoms with Crippen LogP contribution in [0.25, 0.3) is 17.1 Å². The Morgan fingerprint density at radius 2 is 1.85 bits per heavy atom. The Kier molecular flexibility index (Phi) is 7.16. The molecular formula is C23H25N7O2S. The third-order valence-corrected chi connectivity index (χ3v) is 5.85. The van der Waals surface area contributed by atoms with Crippen molar-refractivity contribution in [1.29, 1.82) is 0 Å². The molecule has 0 unspecified atom stereocenters. The molecule has 0 saturated heterocycles. The average molecular weight is 464 g/mol. The number of hydrogen-bond acceptors (Lipinski definition) is 7. The molecule has 3 aromatic heterocycles. The van der Waals surface area contributed by atoms with Gasteiger partial charge in [-0.25, -0.2) is 4.68 Å². The maximum absolute atomic E-state index is 12.8. The van der Waals surface area contributed by atoms with Crippen molar-refractivity contribution in [3.8, 4) is 17.1 Å². The van der Waals surface area contributed by atoms with E-state index in [0.717, 1.165) is 22.5 Å². The molecule has 9 nitrogen and oxygen atoms in total. The van der Waals surface area contributed by atoms with Crippen LogP contribution in [0.5, 0.6) is 0 Å². The Morgan fingerprint density at radius 3 is 2.58 bits per heavy atom. The first-order valence-corrected chi connectivity index (χ1v) is 11.4. The molecule has 0 aliphatic heterocycles. The van der Waals surface area contributed by atoms with Gasteiger partial charge in [0.2, 0.25) is 5.91 Å². The maximum atomic E-state index is 12.8. The molecule has 0 aliphatic carbocycles. The van der Waals surface area contributed by atoms with Gasteiger partial charge in [-0.2, -0.15) is 5.10 Å². The highest BCUT2D eigenvalue weighted by Crippen LogP contribution is 2.24. The minimum atomic E-state index is -0.153. The number of aromatic nitrogens is 6. The van der Waals surface area contributed by atoms with Gasteiger partial charge in [-0.05, 0) is 38.1 Å². The summed E-state index contributed by atoms with van der Waals surface area (Å²) in [7, 11) is 1.65. The van der Waals surface area contributed by atoms with E-state index in [1.807, 2.05) is 60.9 Å². The Hall–Kier alpha value is -3.50. The second-order valence-corrected chi connectivity index (χ2v) is 8.38. The number of ether oxygens (including phenoxy) is 1. The number of hydrogen-bond donors (Lipinski definition) is 1. The molecule has 170 valence electrons. The Balaban J connectivity index is 1.48. The number of amides is 1. The van der Waals surface area contributed by atoms with Crippen LogP contribution >= 0.6 is 11.8 Å². The van der Waals surface area contributed by atoms with Gasteiger partial charge in [0.25, 0.3) is 0 Å². The molecule has 0 radical (unpaired) electrons. The van der Waals surface area contributed by atoms with Crippen molar-refractivity contribution >= 4 is 23.5 Å². The number of nitrogens with one attached hydrogen (secondary N) is 1. The predicted molar refractivity (Wildman–Crippen MR) is 128 cm³/mol. The van der Waals surface area contributed by atoms with Gasteiger partial charge in [0.1, 0.15) is 5.82 Å². The second kappa shape index (κ2) is 10.4. The summed E-state index contributed by atoms with van der Waals surface area (Å²) in [5, 5.41) is 16.8. The SMILES string of the molecule is COCCn1c(SCC(=O)Nc2cc(C)nn2-c2ccc(C)cc2)nnc1-c1ccncc1. The third kappa shape index (κ3) is 5.47. The van der Waals surface area contributed by atoms with Crippen LogP contribution < -0.4 is 5.32 Å². The van der Waals surface area contributed by atoms with Crippen molar-refractivity contribution in [2.45, 2.75) is 25.5 Å². The zero-order valence-corrected chi connectivity index (χ0v) is 19.5. The van der Waals surface area contributed by atoms with Crippen molar-refractivity contribution in [2.24, 2.45) is 0 Å². The van der Waals surface area contributed by atoms with Crippen molar-refractivity contribution in [2.75, 3.05) is 24.8 Å². The lowest BCUT2D eigenvalue weighted by Crippen LogP contribution is -2.17. The standard InChI is InChI=1S/C23H25N7O2S/c1-16-4-6-19(7-5-16)30-20(14-17(2)28-30)25-21(31)15-33-23-27-26-22(29(23)12-13-32-3)18-8-10-24-11-9-18/h4-11,14H,12-13,15H2,1-3H3,(H,25,31). The third-order valence-electron chi connectivity index (χ3n) is 4.88. The summed E-state index contributed by atoms with van der Waals surface area (Å²) in [5.74, 6) is 1.37. The minimum Gasteiger partial charge on any atom is -0.383 e. The molecular weight excluding hydrogens is 438 g/mol. The van der Waals surface area contributed by atoms with E-state index in [-0.39, 0.29) is 11.7 Å². The van der Waals surface area contributed by atoms with Gasteiger partial charge in [0.05, 0.1) is 30.3 Å². The van der Waals surface area contributed by atoms with E-state index in [1.54, 1.807) is 24.2 Å². The van der Waals surface area contributed by atoms with E-state index < -0.39 is 0 Å². The molecule has 4 rings (SSSR count). The number of thioether (sulfide) groups is 1.